The van der Waals surface area contributed by atoms with Crippen molar-refractivity contribution in [3.05, 3.63) is 94.7 Å². The Labute approximate surface area is 270 Å². The maximum absolute atomic E-state index is 13.8. The average Bonchev–Trinajstić information content (AvgIpc) is 3.48. The third kappa shape index (κ3) is 6.61. The van der Waals surface area contributed by atoms with Gasteiger partial charge in [0.2, 0.25) is 0 Å². The Kier molecular flexibility index (Phi) is 9.19. The molecular weight excluding hydrogens is 606 g/mol. The summed E-state index contributed by atoms with van der Waals surface area (Å²) in [6.07, 6.45) is 1.20. The molecule has 5 rings (SSSR count). The average molecular weight is 648 g/mol. The van der Waals surface area contributed by atoms with E-state index in [4.69, 9.17) is 14.2 Å². The van der Waals surface area contributed by atoms with Gasteiger partial charge in [-0.3, -0.25) is 4.90 Å². The molecule has 11 heteroatoms. The van der Waals surface area contributed by atoms with Crippen molar-refractivity contribution in [1.82, 2.24) is 13.8 Å². The van der Waals surface area contributed by atoms with E-state index < -0.39 is 27.7 Å². The van der Waals surface area contributed by atoms with Crippen LogP contribution in [0.15, 0.2) is 71.8 Å². The standard InChI is InChI=1S/C35H41N3O7S/c1-23-8-14-27(15-9-23)46(41,42)38-17-16-28-29(31(43-6)20-24(2)32(28)38)21-36-18-19-37(34(40)45-35(3,4)5)22-30(36)25-10-12-26(13-11-25)33(39)44-7/h8-17,20,30H,18-19,21-22H2,1-7H3/t30-/m0/s1. The number of esters is 1. The number of fused-ring (bicyclic) bond motifs is 1. The topological polar surface area (TPSA) is 107 Å². The predicted octanol–water partition coefficient (Wildman–Crippen LogP) is 6.08. The number of piperazine rings is 1. The summed E-state index contributed by atoms with van der Waals surface area (Å²) in [6, 6.07) is 17.4. The van der Waals surface area contributed by atoms with Crippen LogP contribution in [0.2, 0.25) is 0 Å². The molecule has 10 nitrogen and oxygen atoms in total. The number of carbonyl (C=O) groups excluding carboxylic acids is 2. The van der Waals surface area contributed by atoms with Crippen molar-refractivity contribution in [3.8, 4) is 5.75 Å². The molecule has 46 heavy (non-hydrogen) atoms. The van der Waals surface area contributed by atoms with E-state index in [0.29, 0.717) is 43.0 Å². The van der Waals surface area contributed by atoms with E-state index in [-0.39, 0.29) is 10.9 Å². The molecule has 0 saturated carbocycles. The number of carbonyl (C=O) groups is 2. The number of benzene rings is 3. The Bertz CT molecular complexity index is 1860. The van der Waals surface area contributed by atoms with E-state index in [2.05, 4.69) is 4.90 Å². The zero-order valence-electron chi connectivity index (χ0n) is 27.4. The van der Waals surface area contributed by atoms with Gasteiger partial charge in [-0.05, 0) is 82.1 Å². The first kappa shape index (κ1) is 33.0. The van der Waals surface area contributed by atoms with Gasteiger partial charge in [-0.25, -0.2) is 22.0 Å². The monoisotopic (exact) mass is 647 g/mol. The van der Waals surface area contributed by atoms with Crippen molar-refractivity contribution in [2.45, 2.75) is 57.7 Å². The van der Waals surface area contributed by atoms with E-state index in [1.165, 1.54) is 11.1 Å². The maximum Gasteiger partial charge on any atom is 0.410 e. The Balaban J connectivity index is 1.56. The summed E-state index contributed by atoms with van der Waals surface area (Å²) in [5, 5.41) is 0.766. The van der Waals surface area contributed by atoms with Gasteiger partial charge < -0.3 is 19.1 Å². The smallest absolute Gasteiger partial charge is 0.410 e. The lowest BCUT2D eigenvalue weighted by atomic mass is 9.98. The highest BCUT2D eigenvalue weighted by Gasteiger charge is 2.34. The third-order valence-corrected chi connectivity index (χ3v) is 9.90. The van der Waals surface area contributed by atoms with Gasteiger partial charge in [0.1, 0.15) is 11.4 Å². The van der Waals surface area contributed by atoms with Crippen LogP contribution in [-0.2, 0) is 26.0 Å². The second-order valence-electron chi connectivity index (χ2n) is 12.6. The highest BCUT2D eigenvalue weighted by molar-refractivity contribution is 7.90. The molecule has 0 spiro atoms. The molecule has 0 unspecified atom stereocenters. The van der Waals surface area contributed by atoms with Gasteiger partial charge in [0.25, 0.3) is 10.0 Å². The second kappa shape index (κ2) is 12.8. The first-order valence-electron chi connectivity index (χ1n) is 15.1. The van der Waals surface area contributed by atoms with Crippen LogP contribution in [-0.4, -0.2) is 73.7 Å². The SMILES string of the molecule is COC(=O)c1ccc([C@@H]2CN(C(=O)OC(C)(C)C)CCN2Cc2c(OC)cc(C)c3c2ccn3S(=O)(=O)c2ccc(C)cc2)cc1. The lowest BCUT2D eigenvalue weighted by Gasteiger charge is -2.42. The first-order chi connectivity index (χ1) is 21.7. The zero-order valence-corrected chi connectivity index (χ0v) is 28.2. The van der Waals surface area contributed by atoms with Gasteiger partial charge in [0, 0.05) is 43.3 Å². The number of aromatic nitrogens is 1. The molecule has 2 heterocycles. The molecule has 1 fully saturated rings. The lowest BCUT2D eigenvalue weighted by molar-refractivity contribution is 0.00199. The van der Waals surface area contributed by atoms with Crippen molar-refractivity contribution >= 4 is 33.0 Å². The fraction of sp³-hybridized carbons (Fsp3) is 0.371. The Morgan fingerprint density at radius 1 is 0.935 bits per heavy atom. The van der Waals surface area contributed by atoms with Gasteiger partial charge in [-0.1, -0.05) is 29.8 Å². The van der Waals surface area contributed by atoms with Gasteiger partial charge in [0.05, 0.1) is 36.2 Å². The minimum Gasteiger partial charge on any atom is -0.496 e. The highest BCUT2D eigenvalue weighted by Crippen LogP contribution is 2.37. The Morgan fingerprint density at radius 2 is 1.61 bits per heavy atom. The molecule has 1 atom stereocenters. The van der Waals surface area contributed by atoms with Crippen LogP contribution < -0.4 is 4.74 Å². The Morgan fingerprint density at radius 3 is 2.22 bits per heavy atom. The van der Waals surface area contributed by atoms with Gasteiger partial charge in [-0.2, -0.15) is 0 Å². The van der Waals surface area contributed by atoms with Crippen LogP contribution in [0.3, 0.4) is 0 Å². The lowest BCUT2D eigenvalue weighted by Crippen LogP contribution is -2.51. The van der Waals surface area contributed by atoms with Gasteiger partial charge in [0.15, 0.2) is 0 Å². The number of amides is 1. The molecular formula is C35H41N3O7S. The third-order valence-electron chi connectivity index (χ3n) is 8.21. The molecule has 0 N–H and O–H groups in total. The molecule has 1 aliphatic heterocycles. The van der Waals surface area contributed by atoms with Crippen LogP contribution in [0.5, 0.6) is 5.75 Å². The fourth-order valence-corrected chi connectivity index (χ4v) is 7.29. The molecule has 1 saturated heterocycles. The molecule has 3 aromatic carbocycles. The fourth-order valence-electron chi connectivity index (χ4n) is 5.88. The van der Waals surface area contributed by atoms with E-state index in [9.17, 15) is 18.0 Å². The predicted molar refractivity (Wildman–Crippen MR) is 176 cm³/mol. The molecule has 1 amide bonds. The minimum absolute atomic E-state index is 0.209. The van der Waals surface area contributed by atoms with Gasteiger partial charge >= 0.3 is 12.1 Å². The summed E-state index contributed by atoms with van der Waals surface area (Å²) >= 11 is 0. The molecule has 244 valence electrons. The number of hydrogen-bond donors (Lipinski definition) is 0. The highest BCUT2D eigenvalue weighted by atomic mass is 32.2. The van der Waals surface area contributed by atoms with Gasteiger partial charge in [-0.15, -0.1) is 0 Å². The van der Waals surface area contributed by atoms with E-state index in [1.54, 1.807) is 54.6 Å². The number of nitrogens with zero attached hydrogens (tertiary/aromatic N) is 3. The van der Waals surface area contributed by atoms with E-state index in [1.807, 2.05) is 58.9 Å². The molecule has 0 aliphatic carbocycles. The number of aryl methyl sites for hydroxylation is 2. The minimum atomic E-state index is -3.86. The van der Waals surface area contributed by atoms with Crippen LogP contribution in [0.4, 0.5) is 4.79 Å². The van der Waals surface area contributed by atoms with Crippen LogP contribution in [0, 0.1) is 13.8 Å². The molecule has 1 aliphatic rings. The summed E-state index contributed by atoms with van der Waals surface area (Å²) in [4.78, 5) is 29.4. The largest absolute Gasteiger partial charge is 0.496 e. The second-order valence-corrected chi connectivity index (χ2v) is 14.4. The number of ether oxygens (including phenoxy) is 3. The Hall–Kier alpha value is -4.35. The maximum atomic E-state index is 13.8. The zero-order chi connectivity index (χ0) is 33.4. The summed E-state index contributed by atoms with van der Waals surface area (Å²) in [7, 11) is -0.919. The van der Waals surface area contributed by atoms with E-state index in [0.717, 1.165) is 27.6 Å². The normalized spacial score (nSPS) is 16.0. The van der Waals surface area contributed by atoms with E-state index >= 15 is 0 Å². The number of rotatable bonds is 7. The first-order valence-corrected chi connectivity index (χ1v) is 16.6. The number of hydrogen-bond acceptors (Lipinski definition) is 8. The van der Waals surface area contributed by atoms with Crippen LogP contribution >= 0.6 is 0 Å². The van der Waals surface area contributed by atoms with Crippen molar-refractivity contribution < 1.29 is 32.2 Å². The van der Waals surface area contributed by atoms with Crippen molar-refractivity contribution in [3.63, 3.8) is 0 Å². The quantitative estimate of drug-likeness (QED) is 0.222. The molecule has 1 aromatic heterocycles. The summed E-state index contributed by atoms with van der Waals surface area (Å²) in [5.74, 6) is 0.212. The molecule has 0 bridgehead atoms. The van der Waals surface area contributed by atoms with Crippen molar-refractivity contribution in [2.24, 2.45) is 0 Å². The summed E-state index contributed by atoms with van der Waals surface area (Å²) in [5.41, 5.74) is 3.85. The van der Waals surface area contributed by atoms with Crippen molar-refractivity contribution in [1.29, 1.82) is 0 Å². The van der Waals surface area contributed by atoms with Crippen LogP contribution in [0.1, 0.15) is 59.4 Å². The summed E-state index contributed by atoms with van der Waals surface area (Å²) in [6.45, 7) is 11.0. The van der Waals surface area contributed by atoms with Crippen molar-refractivity contribution in [2.75, 3.05) is 33.9 Å². The summed E-state index contributed by atoms with van der Waals surface area (Å²) < 4.78 is 45.4. The molecule has 4 aromatic rings. The van der Waals surface area contributed by atoms with Crippen LogP contribution in [0.25, 0.3) is 10.9 Å². The molecule has 0 radical (unpaired) electrons. The number of methoxy groups -OCH3 is 2.